The van der Waals surface area contributed by atoms with Gasteiger partial charge < -0.3 is 0 Å². The molecule has 0 bridgehead atoms. The SMILES string of the molecule is CC(C)(C)CS(=O)(=NC(=O)C1CC1)c1ccc2nn(-c3cccnc3)cc2c1. The highest BCUT2D eigenvalue weighted by molar-refractivity contribution is 7.94. The average molecular weight is 397 g/mol. The van der Waals surface area contributed by atoms with Crippen molar-refractivity contribution in [1.29, 1.82) is 0 Å². The number of benzene rings is 1. The molecule has 0 N–H and O–H groups in total. The molecule has 1 amide bonds. The van der Waals surface area contributed by atoms with Crippen LogP contribution in [0.4, 0.5) is 0 Å². The van der Waals surface area contributed by atoms with E-state index in [-0.39, 0.29) is 17.2 Å². The van der Waals surface area contributed by atoms with E-state index in [1.165, 1.54) is 0 Å². The van der Waals surface area contributed by atoms with Crippen molar-refractivity contribution < 1.29 is 9.00 Å². The van der Waals surface area contributed by atoms with E-state index < -0.39 is 9.73 Å². The van der Waals surface area contributed by atoms with Gasteiger partial charge in [0.15, 0.2) is 0 Å². The third-order valence-electron chi connectivity index (χ3n) is 4.55. The maximum atomic E-state index is 13.8. The van der Waals surface area contributed by atoms with Crippen molar-refractivity contribution >= 4 is 26.5 Å². The molecule has 3 aromatic rings. The van der Waals surface area contributed by atoms with Crippen LogP contribution in [0, 0.1) is 11.3 Å². The monoisotopic (exact) mass is 396 g/mol. The van der Waals surface area contributed by atoms with Crippen molar-refractivity contribution in [3.8, 4) is 5.69 Å². The van der Waals surface area contributed by atoms with Crippen LogP contribution in [0.1, 0.15) is 33.6 Å². The van der Waals surface area contributed by atoms with Crippen LogP contribution >= 0.6 is 0 Å². The zero-order chi connectivity index (χ0) is 19.9. The molecular weight excluding hydrogens is 372 g/mol. The molecule has 1 aromatic carbocycles. The third kappa shape index (κ3) is 3.99. The summed E-state index contributed by atoms with van der Waals surface area (Å²) in [5.74, 6) is 0.0685. The molecule has 1 unspecified atom stereocenters. The predicted octanol–water partition coefficient (Wildman–Crippen LogP) is 4.23. The fraction of sp³-hybridized carbons (Fsp3) is 0.381. The molecule has 0 saturated heterocycles. The van der Waals surface area contributed by atoms with Crippen LogP contribution in [0.2, 0.25) is 0 Å². The summed E-state index contributed by atoms with van der Waals surface area (Å²) in [4.78, 5) is 17.1. The van der Waals surface area contributed by atoms with E-state index in [2.05, 4.69) is 14.4 Å². The molecule has 0 spiro atoms. The first kappa shape index (κ1) is 18.8. The predicted molar refractivity (Wildman–Crippen MR) is 110 cm³/mol. The molecule has 1 aliphatic carbocycles. The van der Waals surface area contributed by atoms with E-state index in [4.69, 9.17) is 0 Å². The van der Waals surface area contributed by atoms with Crippen LogP contribution in [0.5, 0.6) is 0 Å². The fourth-order valence-electron chi connectivity index (χ4n) is 3.13. The topological polar surface area (TPSA) is 77.2 Å². The summed E-state index contributed by atoms with van der Waals surface area (Å²) in [6.45, 7) is 6.05. The summed E-state index contributed by atoms with van der Waals surface area (Å²) in [5, 5.41) is 5.42. The summed E-state index contributed by atoms with van der Waals surface area (Å²) in [5.41, 5.74) is 1.42. The van der Waals surface area contributed by atoms with Gasteiger partial charge in [0.05, 0.1) is 27.1 Å². The molecular formula is C21H24N4O2S. The quantitative estimate of drug-likeness (QED) is 0.661. The van der Waals surface area contributed by atoms with Crippen molar-refractivity contribution in [1.82, 2.24) is 14.8 Å². The molecule has 0 aliphatic heterocycles. The van der Waals surface area contributed by atoms with Crippen molar-refractivity contribution in [3.05, 3.63) is 48.9 Å². The Morgan fingerprint density at radius 2 is 2.07 bits per heavy atom. The Kier molecular flexibility index (Phi) is 4.57. The van der Waals surface area contributed by atoms with Crippen LogP contribution < -0.4 is 0 Å². The van der Waals surface area contributed by atoms with Gasteiger partial charge in [-0.05, 0) is 48.6 Å². The molecule has 0 radical (unpaired) electrons. The van der Waals surface area contributed by atoms with E-state index in [0.29, 0.717) is 10.6 Å². The van der Waals surface area contributed by atoms with Gasteiger partial charge in [-0.25, -0.2) is 8.89 Å². The second-order valence-corrected chi connectivity index (χ2v) is 10.8. The Hall–Kier alpha value is -2.54. The van der Waals surface area contributed by atoms with Gasteiger partial charge in [0.2, 0.25) is 0 Å². The number of fused-ring (bicyclic) bond motifs is 1. The molecule has 146 valence electrons. The lowest BCUT2D eigenvalue weighted by molar-refractivity contribution is -0.118. The van der Waals surface area contributed by atoms with Crippen molar-refractivity contribution in [3.63, 3.8) is 0 Å². The highest BCUT2D eigenvalue weighted by atomic mass is 32.2. The van der Waals surface area contributed by atoms with E-state index in [1.54, 1.807) is 23.1 Å². The maximum absolute atomic E-state index is 13.8. The van der Waals surface area contributed by atoms with Gasteiger partial charge >= 0.3 is 0 Å². The number of nitrogens with zero attached hydrogens (tertiary/aromatic N) is 4. The van der Waals surface area contributed by atoms with Crippen LogP contribution in [-0.4, -0.2) is 30.6 Å². The summed E-state index contributed by atoms with van der Waals surface area (Å²) in [6, 6.07) is 9.27. The minimum Gasteiger partial charge on any atom is -0.272 e. The number of carbonyl (C=O) groups is 1. The Bertz CT molecular complexity index is 1150. The van der Waals surface area contributed by atoms with Gasteiger partial charge in [0.1, 0.15) is 0 Å². The first-order chi connectivity index (χ1) is 13.2. The summed E-state index contributed by atoms with van der Waals surface area (Å²) >= 11 is 0. The molecule has 2 heterocycles. The molecule has 1 aliphatic rings. The second kappa shape index (κ2) is 6.81. The minimum absolute atomic E-state index is 0.0437. The highest BCUT2D eigenvalue weighted by Crippen LogP contribution is 2.33. The van der Waals surface area contributed by atoms with E-state index >= 15 is 0 Å². The van der Waals surface area contributed by atoms with Crippen LogP contribution in [0.15, 0.2) is 58.2 Å². The smallest absolute Gasteiger partial charge is 0.257 e. The second-order valence-electron chi connectivity index (χ2n) is 8.55. The first-order valence-electron chi connectivity index (χ1n) is 9.42. The lowest BCUT2D eigenvalue weighted by atomic mass is 10.0. The normalized spacial score (nSPS) is 16.7. The van der Waals surface area contributed by atoms with Crippen molar-refractivity contribution in [2.24, 2.45) is 15.7 Å². The number of hydrogen-bond acceptors (Lipinski definition) is 4. The van der Waals surface area contributed by atoms with Gasteiger partial charge in [-0.2, -0.15) is 9.46 Å². The first-order valence-corrected chi connectivity index (χ1v) is 11.1. The van der Waals surface area contributed by atoms with E-state index in [0.717, 1.165) is 29.4 Å². The van der Waals surface area contributed by atoms with Gasteiger partial charge in [-0.15, -0.1) is 0 Å². The lowest BCUT2D eigenvalue weighted by Gasteiger charge is -2.21. The Balaban J connectivity index is 1.80. The fourth-order valence-corrected chi connectivity index (χ4v) is 5.67. The summed E-state index contributed by atoms with van der Waals surface area (Å²) < 4.78 is 19.8. The van der Waals surface area contributed by atoms with E-state index in [1.807, 2.05) is 51.2 Å². The maximum Gasteiger partial charge on any atom is 0.257 e. The summed E-state index contributed by atoms with van der Waals surface area (Å²) in [6.07, 6.45) is 7.04. The average Bonchev–Trinajstić information content (AvgIpc) is 3.39. The molecule has 4 rings (SSSR count). The highest BCUT2D eigenvalue weighted by Gasteiger charge is 2.32. The number of hydrogen-bond donors (Lipinski definition) is 0. The molecule has 6 nitrogen and oxygen atoms in total. The zero-order valence-corrected chi connectivity index (χ0v) is 17.1. The zero-order valence-electron chi connectivity index (χ0n) is 16.3. The van der Waals surface area contributed by atoms with E-state index in [9.17, 15) is 9.00 Å². The van der Waals surface area contributed by atoms with Crippen molar-refractivity contribution in [2.75, 3.05) is 5.75 Å². The number of aromatic nitrogens is 3. The van der Waals surface area contributed by atoms with Crippen molar-refractivity contribution in [2.45, 2.75) is 38.5 Å². The van der Waals surface area contributed by atoms with Gasteiger partial charge in [-0.1, -0.05) is 20.8 Å². The third-order valence-corrected chi connectivity index (χ3v) is 7.27. The molecule has 2 aromatic heterocycles. The number of amides is 1. The Morgan fingerprint density at radius 3 is 2.71 bits per heavy atom. The van der Waals surface area contributed by atoms with Crippen LogP contribution in [0.3, 0.4) is 0 Å². The summed E-state index contributed by atoms with van der Waals surface area (Å²) in [7, 11) is -2.85. The van der Waals surface area contributed by atoms with Gasteiger partial charge in [0, 0.05) is 34.3 Å². The lowest BCUT2D eigenvalue weighted by Crippen LogP contribution is -2.22. The van der Waals surface area contributed by atoms with Gasteiger partial charge in [-0.3, -0.25) is 9.78 Å². The standard InChI is InChI=1S/C21H24N4O2S/c1-21(2,3)14-28(27,24-20(26)15-6-7-15)18-8-9-19-16(11-18)13-25(23-19)17-5-4-10-22-12-17/h4-5,8-13,15H,6-7,14H2,1-3H3. The molecule has 1 fully saturated rings. The van der Waals surface area contributed by atoms with Crippen LogP contribution in [0.25, 0.3) is 16.6 Å². The molecule has 1 saturated carbocycles. The molecule has 1 atom stereocenters. The molecule has 28 heavy (non-hydrogen) atoms. The Labute approximate surface area is 165 Å². The number of rotatable bonds is 4. The minimum atomic E-state index is -2.85. The molecule has 7 heteroatoms. The van der Waals surface area contributed by atoms with Crippen LogP contribution in [-0.2, 0) is 14.5 Å². The van der Waals surface area contributed by atoms with Gasteiger partial charge in [0.25, 0.3) is 5.91 Å². The Morgan fingerprint density at radius 1 is 1.29 bits per heavy atom. The number of carbonyl (C=O) groups excluding carboxylic acids is 1. The largest absolute Gasteiger partial charge is 0.272 e. The number of pyridine rings is 1.